The van der Waals surface area contributed by atoms with E-state index in [1.807, 2.05) is 13.8 Å². The van der Waals surface area contributed by atoms with Crippen LogP contribution >= 0.6 is 0 Å². The summed E-state index contributed by atoms with van der Waals surface area (Å²) in [4.78, 5) is 11.6. The van der Waals surface area contributed by atoms with Gasteiger partial charge in [0.1, 0.15) is 11.6 Å². The van der Waals surface area contributed by atoms with Crippen LogP contribution in [0, 0.1) is 11.7 Å². The molecule has 0 fully saturated rings. The van der Waals surface area contributed by atoms with E-state index < -0.39 is 0 Å². The quantitative estimate of drug-likeness (QED) is 0.606. The lowest BCUT2D eigenvalue weighted by atomic mass is 10.1. The second-order valence-corrected chi connectivity index (χ2v) is 4.69. The first kappa shape index (κ1) is 12.6. The summed E-state index contributed by atoms with van der Waals surface area (Å²) < 4.78 is 18.4. The van der Waals surface area contributed by atoms with Crippen molar-refractivity contribution in [3.63, 3.8) is 0 Å². The van der Waals surface area contributed by atoms with Gasteiger partial charge in [0, 0.05) is 11.8 Å². The lowest BCUT2D eigenvalue weighted by Crippen LogP contribution is -2.10. The number of esters is 1. The third-order valence-corrected chi connectivity index (χ3v) is 2.60. The Kier molecular flexibility index (Phi) is 3.60. The van der Waals surface area contributed by atoms with Crippen LogP contribution in [0.5, 0.6) is 5.75 Å². The Morgan fingerprint density at radius 2 is 2.06 bits per heavy atom. The van der Waals surface area contributed by atoms with Crippen LogP contribution in [-0.2, 0) is 4.79 Å². The lowest BCUT2D eigenvalue weighted by molar-refractivity contribution is -0.135. The van der Waals surface area contributed by atoms with Crippen LogP contribution in [0.3, 0.4) is 0 Å². The van der Waals surface area contributed by atoms with Gasteiger partial charge in [-0.3, -0.25) is 4.79 Å². The molecule has 0 aromatic heterocycles. The van der Waals surface area contributed by atoms with Gasteiger partial charge in [-0.05, 0) is 35.6 Å². The van der Waals surface area contributed by atoms with Gasteiger partial charge in [-0.2, -0.15) is 0 Å². The fourth-order valence-corrected chi connectivity index (χ4v) is 1.81. The van der Waals surface area contributed by atoms with Gasteiger partial charge in [0.25, 0.3) is 0 Å². The summed E-state index contributed by atoms with van der Waals surface area (Å²) in [6.07, 6.45) is 0.373. The summed E-state index contributed by atoms with van der Waals surface area (Å²) in [5.41, 5.74) is 0. The lowest BCUT2D eigenvalue weighted by Gasteiger charge is -2.09. The maximum absolute atomic E-state index is 13.1. The van der Waals surface area contributed by atoms with Crippen molar-refractivity contribution in [2.45, 2.75) is 20.3 Å². The molecule has 0 aliphatic rings. The second kappa shape index (κ2) is 5.17. The third kappa shape index (κ3) is 2.86. The van der Waals surface area contributed by atoms with Crippen LogP contribution in [0.2, 0.25) is 0 Å². The van der Waals surface area contributed by atoms with Crippen molar-refractivity contribution < 1.29 is 13.9 Å². The molecule has 0 atom stereocenters. The number of fused-ring (bicyclic) bond motifs is 1. The first-order chi connectivity index (χ1) is 8.56. The highest BCUT2D eigenvalue weighted by molar-refractivity contribution is 5.90. The smallest absolute Gasteiger partial charge is 0.311 e. The number of benzene rings is 2. The van der Waals surface area contributed by atoms with Crippen LogP contribution < -0.4 is 4.74 Å². The monoisotopic (exact) mass is 246 g/mol. The summed E-state index contributed by atoms with van der Waals surface area (Å²) in [7, 11) is 0. The van der Waals surface area contributed by atoms with Gasteiger partial charge < -0.3 is 4.74 Å². The first-order valence-electron chi connectivity index (χ1n) is 5.95. The molecule has 0 radical (unpaired) electrons. The van der Waals surface area contributed by atoms with Gasteiger partial charge in [-0.1, -0.05) is 26.0 Å². The summed E-state index contributed by atoms with van der Waals surface area (Å²) in [5.74, 6) is 0.179. The van der Waals surface area contributed by atoms with E-state index in [-0.39, 0.29) is 17.7 Å². The maximum Gasteiger partial charge on any atom is 0.311 e. The Bertz CT molecular complexity index is 576. The molecule has 0 heterocycles. The predicted molar refractivity (Wildman–Crippen MR) is 69.0 cm³/mol. The Morgan fingerprint density at radius 3 is 2.78 bits per heavy atom. The van der Waals surface area contributed by atoms with E-state index in [0.717, 1.165) is 10.8 Å². The third-order valence-electron chi connectivity index (χ3n) is 2.60. The molecule has 3 heteroatoms. The van der Waals surface area contributed by atoms with Crippen LogP contribution in [0.25, 0.3) is 10.8 Å². The van der Waals surface area contributed by atoms with Crippen molar-refractivity contribution in [3.05, 3.63) is 42.2 Å². The van der Waals surface area contributed by atoms with Gasteiger partial charge >= 0.3 is 5.97 Å². The topological polar surface area (TPSA) is 26.3 Å². The first-order valence-corrected chi connectivity index (χ1v) is 5.95. The van der Waals surface area contributed by atoms with Gasteiger partial charge in [0.2, 0.25) is 0 Å². The molecule has 18 heavy (non-hydrogen) atoms. The van der Waals surface area contributed by atoms with Crippen molar-refractivity contribution in [2.24, 2.45) is 5.92 Å². The molecule has 0 aliphatic carbocycles. The average Bonchev–Trinajstić information content (AvgIpc) is 2.27. The number of hydrogen-bond donors (Lipinski definition) is 0. The zero-order valence-electron chi connectivity index (χ0n) is 10.4. The molecule has 2 rings (SSSR count). The van der Waals surface area contributed by atoms with Crippen LogP contribution in [0.4, 0.5) is 4.39 Å². The number of halogens is 1. The highest BCUT2D eigenvalue weighted by atomic mass is 19.1. The Hall–Kier alpha value is -1.90. The van der Waals surface area contributed by atoms with Crippen molar-refractivity contribution in [1.82, 2.24) is 0 Å². The van der Waals surface area contributed by atoms with Crippen LogP contribution in [0.15, 0.2) is 36.4 Å². The SMILES string of the molecule is CC(C)CC(=O)Oc1cccc2cc(F)ccc12. The van der Waals surface area contributed by atoms with Crippen molar-refractivity contribution >= 4 is 16.7 Å². The molecule has 2 aromatic rings. The zero-order valence-corrected chi connectivity index (χ0v) is 10.4. The van der Waals surface area contributed by atoms with Crippen LogP contribution in [0.1, 0.15) is 20.3 Å². The standard InChI is InChI=1S/C15H15FO2/c1-10(2)8-15(17)18-14-5-3-4-11-9-12(16)6-7-13(11)14/h3-7,9-10H,8H2,1-2H3. The fraction of sp³-hybridized carbons (Fsp3) is 0.267. The van der Waals surface area contributed by atoms with Crippen molar-refractivity contribution in [2.75, 3.05) is 0 Å². The molecular formula is C15H15FO2. The molecule has 0 saturated carbocycles. The number of carbonyl (C=O) groups excluding carboxylic acids is 1. The summed E-state index contributed by atoms with van der Waals surface area (Å²) in [6.45, 7) is 3.92. The molecule has 2 nitrogen and oxygen atoms in total. The highest BCUT2D eigenvalue weighted by Crippen LogP contribution is 2.26. The summed E-state index contributed by atoms with van der Waals surface area (Å²) >= 11 is 0. The maximum atomic E-state index is 13.1. The Balaban J connectivity index is 2.31. The van der Waals surface area contributed by atoms with Crippen LogP contribution in [-0.4, -0.2) is 5.97 Å². The number of ether oxygens (including phenoxy) is 1. The molecule has 0 aliphatic heterocycles. The Labute approximate surface area is 105 Å². The van der Waals surface area contributed by atoms with E-state index in [4.69, 9.17) is 4.74 Å². The molecule has 0 unspecified atom stereocenters. The Morgan fingerprint density at radius 1 is 1.28 bits per heavy atom. The summed E-state index contributed by atoms with van der Waals surface area (Å²) in [6, 6.07) is 9.68. The van der Waals surface area contributed by atoms with Gasteiger partial charge in [-0.25, -0.2) is 4.39 Å². The molecule has 94 valence electrons. The van der Waals surface area contributed by atoms with Gasteiger partial charge in [0.15, 0.2) is 0 Å². The van der Waals surface area contributed by atoms with E-state index in [0.29, 0.717) is 12.2 Å². The molecule has 0 saturated heterocycles. The minimum Gasteiger partial charge on any atom is -0.426 e. The van der Waals surface area contributed by atoms with Gasteiger partial charge in [-0.15, -0.1) is 0 Å². The van der Waals surface area contributed by atoms with Crippen molar-refractivity contribution in [3.8, 4) is 5.75 Å². The molecule has 0 N–H and O–H groups in total. The molecule has 0 bridgehead atoms. The molecule has 0 amide bonds. The largest absolute Gasteiger partial charge is 0.426 e. The van der Waals surface area contributed by atoms with E-state index in [2.05, 4.69) is 0 Å². The minimum absolute atomic E-state index is 0.255. The van der Waals surface area contributed by atoms with E-state index in [1.54, 1.807) is 24.3 Å². The molecular weight excluding hydrogens is 231 g/mol. The average molecular weight is 246 g/mol. The fourth-order valence-electron chi connectivity index (χ4n) is 1.81. The molecule has 0 spiro atoms. The number of carbonyl (C=O) groups is 1. The predicted octanol–water partition coefficient (Wildman–Crippen LogP) is 3.93. The van der Waals surface area contributed by atoms with E-state index in [1.165, 1.54) is 12.1 Å². The normalized spacial score (nSPS) is 10.9. The van der Waals surface area contributed by atoms with E-state index in [9.17, 15) is 9.18 Å². The van der Waals surface area contributed by atoms with E-state index >= 15 is 0 Å². The van der Waals surface area contributed by atoms with Crippen molar-refractivity contribution in [1.29, 1.82) is 0 Å². The number of hydrogen-bond acceptors (Lipinski definition) is 2. The number of rotatable bonds is 3. The molecule has 2 aromatic carbocycles. The second-order valence-electron chi connectivity index (χ2n) is 4.69. The minimum atomic E-state index is -0.298. The highest BCUT2D eigenvalue weighted by Gasteiger charge is 2.10. The van der Waals surface area contributed by atoms with Gasteiger partial charge in [0.05, 0.1) is 0 Å². The zero-order chi connectivity index (χ0) is 13.1. The summed E-state index contributed by atoms with van der Waals surface area (Å²) in [5, 5.41) is 1.47.